The molecule has 0 saturated carbocycles. The van der Waals surface area contributed by atoms with Crippen molar-refractivity contribution in [3.05, 3.63) is 35.3 Å². The lowest BCUT2D eigenvalue weighted by atomic mass is 10.2. The summed E-state index contributed by atoms with van der Waals surface area (Å²) in [5, 5.41) is 0. The minimum atomic E-state index is -5.32. The van der Waals surface area contributed by atoms with Gasteiger partial charge in [-0.15, -0.1) is 12.4 Å². The number of pyridine rings is 1. The fourth-order valence-corrected chi connectivity index (χ4v) is 3.54. The van der Waals surface area contributed by atoms with E-state index >= 15 is 0 Å². The Bertz CT molecular complexity index is 959. The van der Waals surface area contributed by atoms with Gasteiger partial charge in [0.2, 0.25) is 0 Å². The van der Waals surface area contributed by atoms with Crippen molar-refractivity contribution in [2.45, 2.75) is 31.8 Å². The quantitative estimate of drug-likeness (QED) is 0.718. The molecular formula is C15H18ClF3N4O3S. The predicted octanol–water partition coefficient (Wildman–Crippen LogP) is 2.24. The lowest BCUT2D eigenvalue weighted by Crippen LogP contribution is -2.38. The van der Waals surface area contributed by atoms with E-state index in [0.717, 1.165) is 5.69 Å². The fourth-order valence-electron chi connectivity index (χ4n) is 2.96. The van der Waals surface area contributed by atoms with Gasteiger partial charge < -0.3 is 4.90 Å². The summed E-state index contributed by atoms with van der Waals surface area (Å²) in [5.41, 5.74) is -2.62. The monoisotopic (exact) mass is 426 g/mol. The predicted molar refractivity (Wildman–Crippen MR) is 94.1 cm³/mol. The second kappa shape index (κ2) is 7.64. The molecule has 7 nitrogen and oxygen atoms in total. The third-order valence-corrected chi connectivity index (χ3v) is 5.39. The Hall–Kier alpha value is -1.85. The van der Waals surface area contributed by atoms with E-state index in [1.807, 2.05) is 22.6 Å². The second-order valence-electron chi connectivity index (χ2n) is 6.03. The molecule has 2 aromatic heterocycles. The molecule has 0 aliphatic carbocycles. The minimum Gasteiger partial charge on any atom is -0.331 e. The van der Waals surface area contributed by atoms with Crippen LogP contribution < -0.4 is 4.72 Å². The molecule has 12 heteroatoms. The van der Waals surface area contributed by atoms with Gasteiger partial charge in [0, 0.05) is 18.8 Å². The maximum Gasteiger partial charge on any atom is 0.511 e. The van der Waals surface area contributed by atoms with Crippen molar-refractivity contribution < 1.29 is 26.4 Å². The van der Waals surface area contributed by atoms with E-state index in [2.05, 4.69) is 4.98 Å². The van der Waals surface area contributed by atoms with Crippen LogP contribution in [0, 0.1) is 6.92 Å². The second-order valence-corrected chi connectivity index (χ2v) is 7.79. The van der Waals surface area contributed by atoms with Gasteiger partial charge in [-0.1, -0.05) is 6.07 Å². The zero-order chi connectivity index (χ0) is 19.1. The molecule has 27 heavy (non-hydrogen) atoms. The number of imidazole rings is 1. The Labute approximate surface area is 160 Å². The summed E-state index contributed by atoms with van der Waals surface area (Å²) >= 11 is 0. The zero-order valence-electron chi connectivity index (χ0n) is 14.3. The Balaban J connectivity index is 0.00000261. The van der Waals surface area contributed by atoms with Gasteiger partial charge in [-0.2, -0.15) is 13.2 Å². The van der Waals surface area contributed by atoms with Crippen LogP contribution >= 0.6 is 12.4 Å². The summed E-state index contributed by atoms with van der Waals surface area (Å²) in [5.74, 6) is -0.190. The highest BCUT2D eigenvalue weighted by Crippen LogP contribution is 2.24. The zero-order valence-corrected chi connectivity index (χ0v) is 15.9. The average molecular weight is 427 g/mol. The molecule has 2 aromatic rings. The van der Waals surface area contributed by atoms with Crippen molar-refractivity contribution in [1.29, 1.82) is 0 Å². The van der Waals surface area contributed by atoms with Crippen LogP contribution in [0.25, 0.3) is 5.65 Å². The van der Waals surface area contributed by atoms with Crippen LogP contribution in [0.5, 0.6) is 0 Å². The van der Waals surface area contributed by atoms with E-state index in [-0.39, 0.29) is 31.3 Å². The summed E-state index contributed by atoms with van der Waals surface area (Å²) in [6.45, 7) is 2.09. The molecular weight excluding hydrogens is 409 g/mol. The number of alkyl halides is 3. The number of nitrogens with one attached hydrogen (secondary N) is 1. The smallest absolute Gasteiger partial charge is 0.331 e. The number of hydrogen-bond acceptors (Lipinski definition) is 4. The summed E-state index contributed by atoms with van der Waals surface area (Å²) in [7, 11) is -5.32. The van der Waals surface area contributed by atoms with E-state index < -0.39 is 15.5 Å². The number of hydrogen-bond donors (Lipinski definition) is 1. The van der Waals surface area contributed by atoms with Crippen molar-refractivity contribution >= 4 is 34.0 Å². The number of halogens is 4. The molecule has 0 fully saturated rings. The van der Waals surface area contributed by atoms with E-state index in [1.54, 1.807) is 11.8 Å². The molecule has 0 unspecified atom stereocenters. The van der Waals surface area contributed by atoms with Crippen molar-refractivity contribution in [3.63, 3.8) is 0 Å². The third-order valence-electron chi connectivity index (χ3n) is 4.19. The molecule has 1 N–H and O–H groups in total. The van der Waals surface area contributed by atoms with Crippen LogP contribution in [0.3, 0.4) is 0 Å². The number of carbonyl (C=O) groups is 1. The molecule has 150 valence electrons. The van der Waals surface area contributed by atoms with Crippen molar-refractivity contribution in [2.75, 3.05) is 13.1 Å². The van der Waals surface area contributed by atoms with Gasteiger partial charge in [0.15, 0.2) is 0 Å². The van der Waals surface area contributed by atoms with Crippen LogP contribution in [-0.4, -0.2) is 47.2 Å². The lowest BCUT2D eigenvalue weighted by Gasteiger charge is -2.28. The van der Waals surface area contributed by atoms with Gasteiger partial charge in [0.1, 0.15) is 11.3 Å². The van der Waals surface area contributed by atoms with E-state index in [0.29, 0.717) is 36.5 Å². The molecule has 3 heterocycles. The minimum absolute atomic E-state index is 0. The van der Waals surface area contributed by atoms with Gasteiger partial charge in [0.05, 0.1) is 12.2 Å². The topological polar surface area (TPSA) is 83.8 Å². The number of amides is 1. The highest BCUT2D eigenvalue weighted by atomic mass is 35.5. The number of nitrogens with zero attached hydrogens (tertiary/aromatic N) is 3. The van der Waals surface area contributed by atoms with Crippen LogP contribution in [0.2, 0.25) is 0 Å². The van der Waals surface area contributed by atoms with Crippen LogP contribution in [0.1, 0.15) is 34.7 Å². The normalized spacial score (nSPS) is 14.5. The van der Waals surface area contributed by atoms with Gasteiger partial charge in [-0.3, -0.25) is 9.20 Å². The highest BCUT2D eigenvalue weighted by molar-refractivity contribution is 7.90. The fraction of sp³-hybridized carbons (Fsp3) is 0.467. The first-order valence-corrected chi connectivity index (χ1v) is 9.42. The molecule has 3 rings (SSSR count). The maximum atomic E-state index is 12.6. The molecule has 0 bridgehead atoms. The lowest BCUT2D eigenvalue weighted by molar-refractivity contribution is -0.0447. The number of aromatic nitrogens is 2. The molecule has 0 radical (unpaired) electrons. The molecule has 1 aliphatic heterocycles. The Morgan fingerprint density at radius 3 is 2.63 bits per heavy atom. The van der Waals surface area contributed by atoms with E-state index in [1.165, 1.54) is 4.72 Å². The largest absolute Gasteiger partial charge is 0.511 e. The highest BCUT2D eigenvalue weighted by Gasteiger charge is 2.45. The number of unbranched alkanes of at least 4 members (excludes halogenated alkanes) is 1. The van der Waals surface area contributed by atoms with Crippen molar-refractivity contribution in [1.82, 2.24) is 19.0 Å². The van der Waals surface area contributed by atoms with Crippen molar-refractivity contribution in [2.24, 2.45) is 0 Å². The molecule has 1 amide bonds. The number of rotatable bonds is 6. The maximum absolute atomic E-state index is 12.6. The SMILES string of the molecule is Cc1nc2cccc3n2c1C(=O)N(CCCCNS(=O)(=O)C(F)(F)F)C3.Cl. The first-order chi connectivity index (χ1) is 12.1. The standard InChI is InChI=1S/C15H17F3N4O3S.ClH/c1-10-13-14(23)21(9-11-5-4-6-12(20-10)22(11)13)8-3-2-7-19-26(24,25)15(16,17)18;/h4-6,19H,2-3,7-9H2,1H3;1H. The van der Waals surface area contributed by atoms with Gasteiger partial charge in [-0.25, -0.2) is 18.1 Å². The van der Waals surface area contributed by atoms with Gasteiger partial charge in [0.25, 0.3) is 5.91 Å². The van der Waals surface area contributed by atoms with E-state index in [9.17, 15) is 26.4 Å². The first kappa shape index (κ1) is 21.5. The first-order valence-electron chi connectivity index (χ1n) is 7.94. The summed E-state index contributed by atoms with van der Waals surface area (Å²) in [4.78, 5) is 18.6. The van der Waals surface area contributed by atoms with E-state index in [4.69, 9.17) is 0 Å². The molecule has 0 aromatic carbocycles. The Morgan fingerprint density at radius 2 is 1.96 bits per heavy atom. The number of aryl methyl sites for hydroxylation is 1. The molecule has 0 atom stereocenters. The average Bonchev–Trinajstić information content (AvgIpc) is 2.88. The number of sulfonamides is 1. The summed E-state index contributed by atoms with van der Waals surface area (Å²) < 4.78 is 61.8. The van der Waals surface area contributed by atoms with Crippen LogP contribution in [0.15, 0.2) is 18.2 Å². The van der Waals surface area contributed by atoms with Crippen molar-refractivity contribution in [3.8, 4) is 0 Å². The Morgan fingerprint density at radius 1 is 1.26 bits per heavy atom. The summed E-state index contributed by atoms with van der Waals surface area (Å²) in [6, 6.07) is 5.55. The third kappa shape index (κ3) is 4.04. The van der Waals surface area contributed by atoms with Gasteiger partial charge in [-0.05, 0) is 31.9 Å². The Kier molecular flexibility index (Phi) is 6.07. The molecule has 0 spiro atoms. The number of carbonyl (C=O) groups excluding carboxylic acids is 1. The van der Waals surface area contributed by atoms with Crippen LogP contribution in [0.4, 0.5) is 13.2 Å². The summed E-state index contributed by atoms with van der Waals surface area (Å²) in [6.07, 6.45) is 0.552. The molecule has 1 aliphatic rings. The van der Waals surface area contributed by atoms with Gasteiger partial charge >= 0.3 is 15.5 Å². The molecule has 0 saturated heterocycles. The van der Waals surface area contributed by atoms with Crippen LogP contribution in [-0.2, 0) is 16.6 Å².